The molecular weight excluding hydrogens is 304 g/mol. The van der Waals surface area contributed by atoms with Gasteiger partial charge >= 0.3 is 0 Å². The summed E-state index contributed by atoms with van der Waals surface area (Å²) in [5.74, 6) is 1.14. The average molecular weight is 321 g/mol. The lowest BCUT2D eigenvalue weighted by molar-refractivity contribution is 0.417. The van der Waals surface area contributed by atoms with Crippen LogP contribution < -0.4 is 5.73 Å². The minimum Gasteiger partial charge on any atom is -0.367 e. The van der Waals surface area contributed by atoms with Crippen molar-refractivity contribution in [3.05, 3.63) is 34.4 Å². The number of rotatable bonds is 3. The average Bonchev–Trinajstić information content (AvgIpc) is 3.02. The summed E-state index contributed by atoms with van der Waals surface area (Å²) in [4.78, 5) is 0. The zero-order valence-corrected chi connectivity index (χ0v) is 12.3. The van der Waals surface area contributed by atoms with E-state index in [9.17, 15) is 0 Å². The van der Waals surface area contributed by atoms with Gasteiger partial charge in [-0.3, -0.25) is 0 Å². The van der Waals surface area contributed by atoms with Crippen LogP contribution in [0, 0.1) is 5.92 Å². The molecule has 2 N–H and O–H groups in total. The van der Waals surface area contributed by atoms with Crippen LogP contribution in [-0.2, 0) is 6.42 Å². The van der Waals surface area contributed by atoms with Gasteiger partial charge in [-0.15, -0.1) is 0 Å². The van der Waals surface area contributed by atoms with E-state index in [1.165, 1.54) is 25.7 Å². The molecule has 1 fully saturated rings. The molecule has 1 aliphatic carbocycles. The van der Waals surface area contributed by atoms with Crippen molar-refractivity contribution in [1.29, 1.82) is 0 Å². The van der Waals surface area contributed by atoms with E-state index in [1.54, 1.807) is 0 Å². The Labute approximate surface area is 121 Å². The van der Waals surface area contributed by atoms with Gasteiger partial charge in [0.2, 0.25) is 5.88 Å². The molecule has 100 valence electrons. The number of hydrogen-bond donors (Lipinski definition) is 1. The molecule has 1 heterocycles. The van der Waals surface area contributed by atoms with Gasteiger partial charge < -0.3 is 10.3 Å². The highest BCUT2D eigenvalue weighted by atomic mass is 79.9. The Hall–Kier alpha value is -1.29. The predicted octanol–water partition coefficient (Wildman–Crippen LogP) is 4.42. The highest BCUT2D eigenvalue weighted by Gasteiger charge is 2.22. The van der Waals surface area contributed by atoms with Gasteiger partial charge in [0, 0.05) is 10.0 Å². The van der Waals surface area contributed by atoms with Crippen LogP contribution in [0.4, 0.5) is 5.88 Å². The maximum absolute atomic E-state index is 5.97. The molecule has 0 bridgehead atoms. The zero-order chi connectivity index (χ0) is 13.2. The standard InChI is InChI=1S/C15H17BrN2O/c16-12-8-4-3-7-11(12)14-13(18-19-15(14)17)9-10-5-1-2-6-10/h3-4,7-8,10H,1-2,5-6,9,17H2. The Morgan fingerprint density at radius 1 is 1.26 bits per heavy atom. The molecule has 19 heavy (non-hydrogen) atoms. The minimum absolute atomic E-state index is 0.417. The van der Waals surface area contributed by atoms with Crippen LogP contribution in [0.15, 0.2) is 33.3 Å². The molecule has 0 atom stereocenters. The van der Waals surface area contributed by atoms with Crippen molar-refractivity contribution >= 4 is 21.8 Å². The zero-order valence-electron chi connectivity index (χ0n) is 10.7. The summed E-state index contributed by atoms with van der Waals surface area (Å²) in [5.41, 5.74) is 8.98. The van der Waals surface area contributed by atoms with Crippen molar-refractivity contribution in [2.24, 2.45) is 5.92 Å². The number of nitrogens with zero attached hydrogens (tertiary/aromatic N) is 1. The summed E-state index contributed by atoms with van der Waals surface area (Å²) in [6.07, 6.45) is 6.23. The Balaban J connectivity index is 1.96. The fourth-order valence-electron chi connectivity index (χ4n) is 2.92. The minimum atomic E-state index is 0.417. The molecule has 1 aromatic heterocycles. The lowest BCUT2D eigenvalue weighted by Crippen LogP contribution is -2.01. The van der Waals surface area contributed by atoms with Gasteiger partial charge in [0.1, 0.15) is 0 Å². The first-order chi connectivity index (χ1) is 9.25. The molecule has 3 nitrogen and oxygen atoms in total. The first-order valence-corrected chi connectivity index (χ1v) is 7.54. The highest BCUT2D eigenvalue weighted by Crippen LogP contribution is 2.37. The molecule has 0 spiro atoms. The van der Waals surface area contributed by atoms with Crippen LogP contribution in [0.5, 0.6) is 0 Å². The lowest BCUT2D eigenvalue weighted by Gasteiger charge is -2.09. The summed E-state index contributed by atoms with van der Waals surface area (Å²) in [6, 6.07) is 8.06. The van der Waals surface area contributed by atoms with Gasteiger partial charge in [0.25, 0.3) is 0 Å². The van der Waals surface area contributed by atoms with E-state index >= 15 is 0 Å². The van der Waals surface area contributed by atoms with Crippen molar-refractivity contribution in [3.63, 3.8) is 0 Å². The SMILES string of the molecule is Nc1onc(CC2CCCC2)c1-c1ccccc1Br. The van der Waals surface area contributed by atoms with E-state index in [1.807, 2.05) is 24.3 Å². The van der Waals surface area contributed by atoms with E-state index in [2.05, 4.69) is 21.1 Å². The fraction of sp³-hybridized carbons (Fsp3) is 0.400. The topological polar surface area (TPSA) is 52.0 Å². The fourth-order valence-corrected chi connectivity index (χ4v) is 3.40. The number of benzene rings is 1. The smallest absolute Gasteiger partial charge is 0.230 e. The van der Waals surface area contributed by atoms with Crippen molar-refractivity contribution in [2.75, 3.05) is 5.73 Å². The van der Waals surface area contributed by atoms with E-state index in [0.717, 1.165) is 33.6 Å². The number of halogens is 1. The normalized spacial score (nSPS) is 16.1. The summed E-state index contributed by atoms with van der Waals surface area (Å²) < 4.78 is 6.25. The monoisotopic (exact) mass is 320 g/mol. The third kappa shape index (κ3) is 2.54. The quantitative estimate of drug-likeness (QED) is 0.910. The molecule has 0 amide bonds. The number of aromatic nitrogens is 1. The Morgan fingerprint density at radius 3 is 2.74 bits per heavy atom. The van der Waals surface area contributed by atoms with Crippen molar-refractivity contribution in [1.82, 2.24) is 5.16 Å². The molecule has 4 heteroatoms. The summed E-state index contributed by atoms with van der Waals surface area (Å²) in [7, 11) is 0. The van der Waals surface area contributed by atoms with Gasteiger partial charge in [-0.25, -0.2) is 0 Å². The van der Waals surface area contributed by atoms with Gasteiger partial charge in [0.15, 0.2) is 0 Å². The molecular formula is C15H17BrN2O. The van der Waals surface area contributed by atoms with Gasteiger partial charge in [-0.1, -0.05) is 65.0 Å². The first-order valence-electron chi connectivity index (χ1n) is 6.74. The first kappa shape index (κ1) is 12.7. The molecule has 3 rings (SSSR count). The van der Waals surface area contributed by atoms with Crippen molar-refractivity contribution < 1.29 is 4.52 Å². The third-order valence-corrected chi connectivity index (χ3v) is 4.58. The van der Waals surface area contributed by atoms with Crippen LogP contribution in [0.2, 0.25) is 0 Å². The molecule has 0 saturated heterocycles. The van der Waals surface area contributed by atoms with Gasteiger partial charge in [-0.2, -0.15) is 0 Å². The predicted molar refractivity (Wildman–Crippen MR) is 79.7 cm³/mol. The van der Waals surface area contributed by atoms with Gasteiger partial charge in [0.05, 0.1) is 11.3 Å². The molecule has 1 saturated carbocycles. The van der Waals surface area contributed by atoms with Crippen LogP contribution >= 0.6 is 15.9 Å². The molecule has 0 aliphatic heterocycles. The molecule has 0 radical (unpaired) electrons. The van der Waals surface area contributed by atoms with E-state index in [0.29, 0.717) is 5.88 Å². The molecule has 2 aromatic rings. The molecule has 1 aromatic carbocycles. The number of hydrogen-bond acceptors (Lipinski definition) is 3. The summed E-state index contributed by atoms with van der Waals surface area (Å²) in [6.45, 7) is 0. The van der Waals surface area contributed by atoms with Crippen molar-refractivity contribution in [3.8, 4) is 11.1 Å². The highest BCUT2D eigenvalue weighted by molar-refractivity contribution is 9.10. The van der Waals surface area contributed by atoms with Crippen molar-refractivity contribution in [2.45, 2.75) is 32.1 Å². The second-order valence-electron chi connectivity index (χ2n) is 5.20. The van der Waals surface area contributed by atoms with E-state index in [4.69, 9.17) is 10.3 Å². The van der Waals surface area contributed by atoms with Crippen LogP contribution in [0.25, 0.3) is 11.1 Å². The van der Waals surface area contributed by atoms with Crippen LogP contribution in [0.3, 0.4) is 0 Å². The third-order valence-electron chi connectivity index (χ3n) is 3.89. The Kier molecular flexibility index (Phi) is 3.60. The Morgan fingerprint density at radius 2 is 2.00 bits per heavy atom. The second-order valence-corrected chi connectivity index (χ2v) is 6.06. The summed E-state index contributed by atoms with van der Waals surface area (Å²) in [5, 5.41) is 4.18. The molecule has 1 aliphatic rings. The lowest BCUT2D eigenvalue weighted by atomic mass is 9.96. The second kappa shape index (κ2) is 5.37. The number of anilines is 1. The largest absolute Gasteiger partial charge is 0.367 e. The number of nitrogens with two attached hydrogens (primary N) is 1. The van der Waals surface area contributed by atoms with Crippen LogP contribution in [0.1, 0.15) is 31.4 Å². The maximum Gasteiger partial charge on any atom is 0.230 e. The Bertz CT molecular complexity index is 573. The van der Waals surface area contributed by atoms with Crippen LogP contribution in [-0.4, -0.2) is 5.16 Å². The molecule has 0 unspecified atom stereocenters. The van der Waals surface area contributed by atoms with E-state index < -0.39 is 0 Å². The summed E-state index contributed by atoms with van der Waals surface area (Å²) >= 11 is 3.57. The van der Waals surface area contributed by atoms with Gasteiger partial charge in [-0.05, 0) is 18.4 Å². The maximum atomic E-state index is 5.97. The van der Waals surface area contributed by atoms with E-state index in [-0.39, 0.29) is 0 Å². The number of nitrogen functional groups attached to an aromatic ring is 1.